The molecule has 0 aromatic heterocycles. The summed E-state index contributed by atoms with van der Waals surface area (Å²) < 4.78 is 11.2. The Balaban J connectivity index is 1.65. The lowest BCUT2D eigenvalue weighted by Crippen LogP contribution is -2.66. The number of methoxy groups -OCH3 is 2. The van der Waals surface area contributed by atoms with Gasteiger partial charge in [0.2, 0.25) is 0 Å². The topological polar surface area (TPSA) is 93.5 Å². The van der Waals surface area contributed by atoms with E-state index in [1.807, 2.05) is 6.92 Å². The number of hydrogen-bond acceptors (Lipinski definition) is 6. The van der Waals surface area contributed by atoms with Gasteiger partial charge < -0.3 is 9.47 Å². The standard InChI is InChI=1S/C32H45NO5/c1-28(2)11-13-32(27(36)38-8)14-12-30(5)19-9-10-23-29(3,4)26(37-7)18(17-33)25(35)31(23,6)20(19)15-22(34)24(30)21(32)16-28/h15,18-19,21,23-24,26H,9-14,16H2,1-8H3/t18?,19-,21+,23+,24+,26+,30+,31-,32+/m1/s1. The molecule has 4 fully saturated rings. The van der Waals surface area contributed by atoms with Gasteiger partial charge in [0.05, 0.1) is 30.1 Å². The molecule has 4 saturated carbocycles. The van der Waals surface area contributed by atoms with Gasteiger partial charge in [0.25, 0.3) is 0 Å². The molecule has 5 aliphatic rings. The van der Waals surface area contributed by atoms with Gasteiger partial charge in [-0.05, 0) is 97.5 Å². The number of ether oxygens (including phenoxy) is 2. The van der Waals surface area contributed by atoms with Crippen LogP contribution in [-0.2, 0) is 23.9 Å². The molecule has 5 rings (SSSR count). The molecule has 208 valence electrons. The van der Waals surface area contributed by atoms with E-state index < -0.39 is 28.3 Å². The lowest BCUT2D eigenvalue weighted by molar-refractivity contribution is -0.187. The summed E-state index contributed by atoms with van der Waals surface area (Å²) >= 11 is 0. The molecule has 0 heterocycles. The third-order valence-corrected chi connectivity index (χ3v) is 12.5. The minimum absolute atomic E-state index is 0.0149. The number of carbonyl (C=O) groups excluding carboxylic acids is 3. The molecule has 6 heteroatoms. The maximum Gasteiger partial charge on any atom is 0.312 e. The maximum atomic E-state index is 14.3. The minimum Gasteiger partial charge on any atom is -0.469 e. The normalized spacial score (nSPS) is 46.9. The van der Waals surface area contributed by atoms with Crippen molar-refractivity contribution in [2.45, 2.75) is 92.6 Å². The Bertz CT molecular complexity index is 1140. The molecule has 0 bridgehead atoms. The third-order valence-electron chi connectivity index (χ3n) is 12.5. The Labute approximate surface area is 227 Å². The maximum absolute atomic E-state index is 14.3. The van der Waals surface area contributed by atoms with Gasteiger partial charge in [-0.15, -0.1) is 0 Å². The molecule has 9 atom stereocenters. The van der Waals surface area contributed by atoms with E-state index in [0.29, 0.717) is 0 Å². The second kappa shape index (κ2) is 8.50. The first-order chi connectivity index (χ1) is 17.7. The Hall–Kier alpha value is -2.00. The van der Waals surface area contributed by atoms with E-state index in [0.717, 1.165) is 50.5 Å². The number of allylic oxidation sites excluding steroid dienone is 2. The van der Waals surface area contributed by atoms with E-state index in [4.69, 9.17) is 9.47 Å². The first-order valence-corrected chi connectivity index (χ1v) is 14.5. The minimum atomic E-state index is -0.881. The van der Waals surface area contributed by atoms with Crippen LogP contribution in [0.3, 0.4) is 0 Å². The highest BCUT2D eigenvalue weighted by Crippen LogP contribution is 2.71. The zero-order chi connectivity index (χ0) is 28.1. The van der Waals surface area contributed by atoms with Crippen LogP contribution in [0, 0.1) is 68.0 Å². The molecule has 38 heavy (non-hydrogen) atoms. The highest BCUT2D eigenvalue weighted by Gasteiger charge is 2.70. The first kappa shape index (κ1) is 27.6. The fourth-order valence-electron chi connectivity index (χ4n) is 10.6. The zero-order valence-electron chi connectivity index (χ0n) is 24.5. The van der Waals surface area contributed by atoms with Crippen LogP contribution in [0.1, 0.15) is 86.5 Å². The zero-order valence-corrected chi connectivity index (χ0v) is 24.5. The number of fused-ring (bicyclic) bond motifs is 7. The summed E-state index contributed by atoms with van der Waals surface area (Å²) in [6.07, 6.45) is 7.08. The molecule has 0 amide bonds. The summed E-state index contributed by atoms with van der Waals surface area (Å²) in [6.45, 7) is 13.0. The van der Waals surface area contributed by atoms with Crippen LogP contribution in [0.25, 0.3) is 0 Å². The molecule has 6 nitrogen and oxygen atoms in total. The van der Waals surface area contributed by atoms with Gasteiger partial charge in [0.1, 0.15) is 5.92 Å². The number of hydrogen-bond donors (Lipinski definition) is 0. The van der Waals surface area contributed by atoms with Crippen molar-refractivity contribution in [1.29, 1.82) is 5.26 Å². The van der Waals surface area contributed by atoms with Gasteiger partial charge in [-0.3, -0.25) is 14.4 Å². The molecule has 0 N–H and O–H groups in total. The van der Waals surface area contributed by atoms with Crippen molar-refractivity contribution in [3.8, 4) is 6.07 Å². The molecule has 0 aliphatic heterocycles. The van der Waals surface area contributed by atoms with Crippen molar-refractivity contribution >= 4 is 17.5 Å². The Morgan fingerprint density at radius 3 is 2.26 bits per heavy atom. The smallest absolute Gasteiger partial charge is 0.312 e. The van der Waals surface area contributed by atoms with E-state index in [9.17, 15) is 19.6 Å². The SMILES string of the molecule is COC(=O)[C@]12CCC(C)(C)C[C@H]1[C@H]1C(=O)C=C3[C@@H](CC[C@H]4C(C)(C)[C@@H](OC)C(C#N)C(=O)[C@]34C)[C@]1(C)CC2. The van der Waals surface area contributed by atoms with Gasteiger partial charge in [0, 0.05) is 13.0 Å². The van der Waals surface area contributed by atoms with Gasteiger partial charge in [-0.1, -0.05) is 34.6 Å². The fourth-order valence-corrected chi connectivity index (χ4v) is 10.6. The predicted octanol–water partition coefficient (Wildman–Crippen LogP) is 5.69. The molecule has 0 radical (unpaired) electrons. The van der Waals surface area contributed by atoms with E-state index in [-0.39, 0.29) is 52.0 Å². The number of nitrogens with zero attached hydrogens (tertiary/aromatic N) is 1. The first-order valence-electron chi connectivity index (χ1n) is 14.5. The van der Waals surface area contributed by atoms with Crippen LogP contribution >= 0.6 is 0 Å². The largest absolute Gasteiger partial charge is 0.469 e. The summed E-state index contributed by atoms with van der Waals surface area (Å²) in [4.78, 5) is 41.9. The van der Waals surface area contributed by atoms with Gasteiger partial charge >= 0.3 is 5.97 Å². The number of carbonyl (C=O) groups is 3. The van der Waals surface area contributed by atoms with Crippen molar-refractivity contribution < 1.29 is 23.9 Å². The van der Waals surface area contributed by atoms with Crippen LogP contribution in [0.4, 0.5) is 0 Å². The fraction of sp³-hybridized carbons (Fsp3) is 0.812. The summed E-state index contributed by atoms with van der Waals surface area (Å²) in [5, 5.41) is 10.1. The molecule has 1 unspecified atom stereocenters. The number of ketones is 2. The third kappa shape index (κ3) is 3.30. The van der Waals surface area contributed by atoms with E-state index in [1.165, 1.54) is 7.11 Å². The summed E-state index contributed by atoms with van der Waals surface area (Å²) in [5.74, 6) is -1.35. The Morgan fingerprint density at radius 1 is 1.00 bits per heavy atom. The summed E-state index contributed by atoms with van der Waals surface area (Å²) in [7, 11) is 3.06. The molecule has 0 saturated heterocycles. The van der Waals surface area contributed by atoms with Crippen LogP contribution < -0.4 is 0 Å². The highest BCUT2D eigenvalue weighted by molar-refractivity contribution is 6.00. The second-order valence-electron chi connectivity index (χ2n) is 14.9. The van der Waals surface area contributed by atoms with Crippen LogP contribution in [0.15, 0.2) is 11.6 Å². The molecular weight excluding hydrogens is 478 g/mol. The average Bonchev–Trinajstić information content (AvgIpc) is 2.85. The van der Waals surface area contributed by atoms with Crippen LogP contribution in [-0.4, -0.2) is 37.9 Å². The second-order valence-corrected chi connectivity index (χ2v) is 14.9. The number of rotatable bonds is 2. The highest BCUT2D eigenvalue weighted by atomic mass is 16.5. The van der Waals surface area contributed by atoms with E-state index >= 15 is 0 Å². The monoisotopic (exact) mass is 523 g/mol. The van der Waals surface area contributed by atoms with Crippen LogP contribution in [0.2, 0.25) is 0 Å². The van der Waals surface area contributed by atoms with E-state index in [1.54, 1.807) is 13.2 Å². The van der Waals surface area contributed by atoms with Crippen molar-refractivity contribution in [2.24, 2.45) is 56.7 Å². The van der Waals surface area contributed by atoms with Crippen LogP contribution in [0.5, 0.6) is 0 Å². The summed E-state index contributed by atoms with van der Waals surface area (Å²) in [6, 6.07) is 2.27. The molecule has 0 spiro atoms. The number of nitriles is 1. The Kier molecular flexibility index (Phi) is 6.16. The summed E-state index contributed by atoms with van der Waals surface area (Å²) in [5.41, 5.74) is -1.25. The molecule has 0 aromatic carbocycles. The number of Topliss-reactive ketones (excluding diaryl/α,β-unsaturated/α-hetero) is 1. The van der Waals surface area contributed by atoms with Gasteiger partial charge in [0.15, 0.2) is 11.6 Å². The Morgan fingerprint density at radius 2 is 1.66 bits per heavy atom. The predicted molar refractivity (Wildman–Crippen MR) is 143 cm³/mol. The average molecular weight is 524 g/mol. The van der Waals surface area contributed by atoms with Crippen molar-refractivity contribution in [1.82, 2.24) is 0 Å². The molecule has 0 aromatic rings. The van der Waals surface area contributed by atoms with Gasteiger partial charge in [-0.2, -0.15) is 5.26 Å². The lowest BCUT2D eigenvalue weighted by atomic mass is 9.37. The quantitative estimate of drug-likeness (QED) is 0.432. The molecular formula is C32H45NO5. The van der Waals surface area contributed by atoms with Crippen molar-refractivity contribution in [2.75, 3.05) is 14.2 Å². The van der Waals surface area contributed by atoms with Gasteiger partial charge in [-0.25, -0.2) is 0 Å². The van der Waals surface area contributed by atoms with Crippen molar-refractivity contribution in [3.05, 3.63) is 11.6 Å². The van der Waals surface area contributed by atoms with Crippen molar-refractivity contribution in [3.63, 3.8) is 0 Å². The molecule has 5 aliphatic carbocycles. The van der Waals surface area contributed by atoms with E-state index in [2.05, 4.69) is 40.7 Å². The lowest BCUT2D eigenvalue weighted by Gasteiger charge is -2.66. The number of esters is 1.